The first-order valence-corrected chi connectivity index (χ1v) is 7.80. The highest BCUT2D eigenvalue weighted by Gasteiger charge is 2.42. The number of hydrogen-bond acceptors (Lipinski definition) is 5. The van der Waals surface area contributed by atoms with E-state index < -0.39 is 17.7 Å². The fourth-order valence-corrected chi connectivity index (χ4v) is 3.02. The monoisotopic (exact) mass is 338 g/mol. The molecule has 1 atom stereocenters. The first-order chi connectivity index (χ1) is 12.0. The molecule has 0 aliphatic carbocycles. The van der Waals surface area contributed by atoms with Crippen LogP contribution in [0.5, 0.6) is 5.75 Å². The minimum Gasteiger partial charge on any atom is -0.503 e. The van der Waals surface area contributed by atoms with Crippen molar-refractivity contribution in [2.75, 3.05) is 7.11 Å². The number of Topliss-reactive ketones (excluding diaryl/α,β-unsaturated/α-hetero) is 1. The molecule has 2 heterocycles. The molecule has 1 aromatic carbocycles. The highest BCUT2D eigenvalue weighted by Crippen LogP contribution is 2.39. The molecule has 3 rings (SSSR count). The summed E-state index contributed by atoms with van der Waals surface area (Å²) in [5.41, 5.74) is 1.61. The molecule has 0 saturated carbocycles. The summed E-state index contributed by atoms with van der Waals surface area (Å²) in [5, 5.41) is 10.3. The van der Waals surface area contributed by atoms with E-state index in [9.17, 15) is 14.7 Å². The van der Waals surface area contributed by atoms with E-state index in [1.807, 2.05) is 6.07 Å². The van der Waals surface area contributed by atoms with Gasteiger partial charge in [0.05, 0.1) is 18.7 Å². The Hall–Kier alpha value is -3.15. The van der Waals surface area contributed by atoms with Crippen molar-refractivity contribution < 1.29 is 19.4 Å². The Bertz CT molecular complexity index is 846. The van der Waals surface area contributed by atoms with Crippen molar-refractivity contribution in [3.63, 3.8) is 0 Å². The van der Waals surface area contributed by atoms with Crippen LogP contribution in [-0.2, 0) is 16.1 Å². The number of benzene rings is 1. The number of rotatable bonds is 5. The lowest BCUT2D eigenvalue weighted by atomic mass is 9.96. The highest BCUT2D eigenvalue weighted by molar-refractivity contribution is 6.08. The molecule has 128 valence electrons. The van der Waals surface area contributed by atoms with Gasteiger partial charge in [-0.15, -0.1) is 0 Å². The maximum atomic E-state index is 12.6. The number of pyridine rings is 1. The Balaban J connectivity index is 2.06. The standard InChI is InChI=1S/C19H18N2O4/c1-12(22)16-17(14-6-3-7-15(9-14)25-2)21(19(24)18(16)23)11-13-5-4-8-20-10-13/h3-10,17,23H,11H2,1-2H3. The minimum absolute atomic E-state index is 0.0992. The summed E-state index contributed by atoms with van der Waals surface area (Å²) >= 11 is 0. The molecule has 1 aromatic heterocycles. The molecule has 0 spiro atoms. The molecule has 1 amide bonds. The largest absolute Gasteiger partial charge is 0.503 e. The van der Waals surface area contributed by atoms with Crippen molar-refractivity contribution in [2.24, 2.45) is 0 Å². The molecule has 6 nitrogen and oxygen atoms in total. The number of carbonyl (C=O) groups excluding carboxylic acids is 2. The number of aliphatic hydroxyl groups is 1. The van der Waals surface area contributed by atoms with E-state index in [-0.39, 0.29) is 17.9 Å². The summed E-state index contributed by atoms with van der Waals surface area (Å²) in [4.78, 5) is 30.2. The third kappa shape index (κ3) is 3.10. The number of nitrogens with zero attached hydrogens (tertiary/aromatic N) is 2. The average Bonchev–Trinajstić information content (AvgIpc) is 2.87. The van der Waals surface area contributed by atoms with E-state index in [4.69, 9.17) is 4.74 Å². The van der Waals surface area contributed by atoms with Gasteiger partial charge >= 0.3 is 0 Å². The van der Waals surface area contributed by atoms with Crippen molar-refractivity contribution >= 4 is 11.7 Å². The molecular weight excluding hydrogens is 320 g/mol. The molecule has 1 unspecified atom stereocenters. The lowest BCUT2D eigenvalue weighted by Gasteiger charge is -2.26. The predicted molar refractivity (Wildman–Crippen MR) is 90.9 cm³/mol. The van der Waals surface area contributed by atoms with Crippen LogP contribution in [0.3, 0.4) is 0 Å². The second kappa shape index (κ2) is 6.76. The van der Waals surface area contributed by atoms with E-state index in [0.717, 1.165) is 5.56 Å². The smallest absolute Gasteiger partial charge is 0.290 e. The molecule has 2 aromatic rings. The lowest BCUT2D eigenvalue weighted by Crippen LogP contribution is -2.30. The molecule has 1 aliphatic heterocycles. The van der Waals surface area contributed by atoms with Crippen LogP contribution in [0.15, 0.2) is 60.1 Å². The van der Waals surface area contributed by atoms with E-state index in [1.54, 1.807) is 49.8 Å². The van der Waals surface area contributed by atoms with E-state index >= 15 is 0 Å². The van der Waals surface area contributed by atoms with E-state index in [1.165, 1.54) is 11.8 Å². The second-order valence-corrected chi connectivity index (χ2v) is 5.79. The minimum atomic E-state index is -0.666. The third-order valence-corrected chi connectivity index (χ3v) is 4.17. The van der Waals surface area contributed by atoms with Crippen LogP contribution in [0.2, 0.25) is 0 Å². The van der Waals surface area contributed by atoms with E-state index in [0.29, 0.717) is 11.3 Å². The van der Waals surface area contributed by atoms with Crippen molar-refractivity contribution in [3.8, 4) is 5.75 Å². The number of carbonyl (C=O) groups is 2. The molecule has 0 fully saturated rings. The molecule has 1 aliphatic rings. The van der Waals surface area contributed by atoms with Crippen LogP contribution in [0.4, 0.5) is 0 Å². The van der Waals surface area contributed by atoms with Gasteiger partial charge < -0.3 is 14.7 Å². The van der Waals surface area contributed by atoms with Gasteiger partial charge in [-0.05, 0) is 36.2 Å². The van der Waals surface area contributed by atoms with Crippen LogP contribution < -0.4 is 4.74 Å². The van der Waals surface area contributed by atoms with Gasteiger partial charge in [0.1, 0.15) is 5.75 Å². The molecule has 25 heavy (non-hydrogen) atoms. The van der Waals surface area contributed by atoms with Crippen LogP contribution >= 0.6 is 0 Å². The fraction of sp³-hybridized carbons (Fsp3) is 0.211. The van der Waals surface area contributed by atoms with Crippen LogP contribution in [0.25, 0.3) is 0 Å². The highest BCUT2D eigenvalue weighted by atomic mass is 16.5. The maximum Gasteiger partial charge on any atom is 0.290 e. The second-order valence-electron chi connectivity index (χ2n) is 5.79. The maximum absolute atomic E-state index is 12.6. The molecule has 0 bridgehead atoms. The molecule has 0 radical (unpaired) electrons. The Morgan fingerprint density at radius 2 is 2.12 bits per heavy atom. The van der Waals surface area contributed by atoms with Crippen LogP contribution in [0, 0.1) is 0 Å². The van der Waals surface area contributed by atoms with Gasteiger partial charge in [-0.3, -0.25) is 14.6 Å². The number of ether oxygens (including phenoxy) is 1. The molecule has 0 saturated heterocycles. The predicted octanol–water partition coefficient (Wildman–Crippen LogP) is 2.57. The summed E-state index contributed by atoms with van der Waals surface area (Å²) in [6.45, 7) is 1.58. The zero-order valence-electron chi connectivity index (χ0n) is 14.0. The normalized spacial score (nSPS) is 17.1. The molecule has 1 N–H and O–H groups in total. The summed E-state index contributed by atoms with van der Waals surface area (Å²) < 4.78 is 5.24. The molecular formula is C19H18N2O4. The van der Waals surface area contributed by atoms with Crippen LogP contribution in [0.1, 0.15) is 24.1 Å². The number of hydrogen-bond donors (Lipinski definition) is 1. The molecule has 6 heteroatoms. The van der Waals surface area contributed by atoms with Gasteiger partial charge in [-0.1, -0.05) is 18.2 Å². The average molecular weight is 338 g/mol. The topological polar surface area (TPSA) is 79.7 Å². The van der Waals surface area contributed by atoms with Crippen molar-refractivity contribution in [2.45, 2.75) is 19.5 Å². The Morgan fingerprint density at radius 3 is 2.76 bits per heavy atom. The summed E-state index contributed by atoms with van der Waals surface area (Å²) in [5.74, 6) is -0.793. The summed E-state index contributed by atoms with van der Waals surface area (Å²) in [7, 11) is 1.55. The number of aliphatic hydroxyl groups excluding tert-OH is 1. The van der Waals surface area contributed by atoms with Gasteiger partial charge in [0.15, 0.2) is 11.5 Å². The Morgan fingerprint density at radius 1 is 1.32 bits per heavy atom. The number of amides is 1. The first-order valence-electron chi connectivity index (χ1n) is 7.80. The third-order valence-electron chi connectivity index (χ3n) is 4.17. The quantitative estimate of drug-likeness (QED) is 0.906. The number of ketones is 1. The van der Waals surface area contributed by atoms with Crippen LogP contribution in [-0.4, -0.2) is 33.8 Å². The number of aromatic nitrogens is 1. The van der Waals surface area contributed by atoms with Crippen molar-refractivity contribution in [3.05, 3.63) is 71.3 Å². The SMILES string of the molecule is COc1cccc(C2C(C(C)=O)=C(O)C(=O)N2Cc2cccnc2)c1. The fourth-order valence-electron chi connectivity index (χ4n) is 3.02. The van der Waals surface area contributed by atoms with Crippen molar-refractivity contribution in [1.29, 1.82) is 0 Å². The summed E-state index contributed by atoms with van der Waals surface area (Å²) in [6.07, 6.45) is 3.30. The van der Waals surface area contributed by atoms with Gasteiger partial charge in [-0.25, -0.2) is 0 Å². The zero-order chi connectivity index (χ0) is 18.0. The lowest BCUT2D eigenvalue weighted by molar-refractivity contribution is -0.130. The van der Waals surface area contributed by atoms with Gasteiger partial charge in [0.25, 0.3) is 5.91 Å². The van der Waals surface area contributed by atoms with Gasteiger partial charge in [0.2, 0.25) is 0 Å². The van der Waals surface area contributed by atoms with Gasteiger partial charge in [-0.2, -0.15) is 0 Å². The van der Waals surface area contributed by atoms with Gasteiger partial charge in [0, 0.05) is 18.9 Å². The Kier molecular flexibility index (Phi) is 4.52. The number of methoxy groups -OCH3 is 1. The zero-order valence-corrected chi connectivity index (χ0v) is 14.0. The Labute approximate surface area is 145 Å². The summed E-state index contributed by atoms with van der Waals surface area (Å²) in [6, 6.07) is 10.1. The van der Waals surface area contributed by atoms with Crippen molar-refractivity contribution in [1.82, 2.24) is 9.88 Å². The van der Waals surface area contributed by atoms with E-state index in [2.05, 4.69) is 4.98 Å². The first kappa shape index (κ1) is 16.7.